The number of rotatable bonds is 6. The maximum absolute atomic E-state index is 12.2. The van der Waals surface area contributed by atoms with E-state index in [1.807, 2.05) is 42.5 Å². The molecular formula is C22H21N3O4S. The number of benzene rings is 3. The van der Waals surface area contributed by atoms with Crippen LogP contribution in [-0.4, -0.2) is 30.6 Å². The quantitative estimate of drug-likeness (QED) is 0.417. The number of nitrogens with one attached hydrogen (secondary N) is 3. The molecule has 0 heterocycles. The minimum absolute atomic E-state index is 0.0325. The fraction of sp³-hybridized carbons (Fsp3) is 0.136. The van der Waals surface area contributed by atoms with Crippen molar-refractivity contribution in [2.24, 2.45) is 0 Å². The first-order chi connectivity index (χ1) is 14.6. The standard InChI is InChI=1S/C22H21N3O4S/c1-28-18-11-4-5-12-19(18)29-14-21(27)23-22(30)25-24-20(26)13-16-9-6-8-15-7-2-3-10-17(15)16/h2-12H,13-14H2,1H3,(H,24,26)(H2,23,25,27,30). The van der Waals surface area contributed by atoms with Crippen LogP contribution < -0.4 is 25.6 Å². The summed E-state index contributed by atoms with van der Waals surface area (Å²) < 4.78 is 10.6. The lowest BCUT2D eigenvalue weighted by Crippen LogP contribution is -2.49. The van der Waals surface area contributed by atoms with E-state index in [9.17, 15) is 9.59 Å². The molecule has 0 radical (unpaired) electrons. The Morgan fingerprint density at radius 1 is 0.867 bits per heavy atom. The Hall–Kier alpha value is -3.65. The minimum atomic E-state index is -0.471. The van der Waals surface area contributed by atoms with Crippen LogP contribution in [-0.2, 0) is 16.0 Å². The summed E-state index contributed by atoms with van der Waals surface area (Å²) in [6.45, 7) is -0.258. The Morgan fingerprint density at radius 2 is 1.57 bits per heavy atom. The molecule has 0 bridgehead atoms. The van der Waals surface area contributed by atoms with E-state index in [0.717, 1.165) is 16.3 Å². The first-order valence-electron chi connectivity index (χ1n) is 9.18. The number of hydrogen-bond donors (Lipinski definition) is 3. The van der Waals surface area contributed by atoms with Crippen molar-refractivity contribution in [3.8, 4) is 11.5 Å². The predicted octanol–water partition coefficient (Wildman–Crippen LogP) is 2.49. The molecule has 30 heavy (non-hydrogen) atoms. The summed E-state index contributed by atoms with van der Waals surface area (Å²) in [5, 5.41) is 4.48. The monoisotopic (exact) mass is 423 g/mol. The van der Waals surface area contributed by atoms with E-state index in [1.165, 1.54) is 7.11 Å². The summed E-state index contributed by atoms with van der Waals surface area (Å²) in [6.07, 6.45) is 0.168. The summed E-state index contributed by atoms with van der Waals surface area (Å²) in [5.74, 6) is 0.207. The van der Waals surface area contributed by atoms with Crippen molar-refractivity contribution in [3.05, 3.63) is 72.3 Å². The van der Waals surface area contributed by atoms with Gasteiger partial charge in [-0.15, -0.1) is 0 Å². The van der Waals surface area contributed by atoms with Gasteiger partial charge in [-0.25, -0.2) is 0 Å². The van der Waals surface area contributed by atoms with Gasteiger partial charge in [0.25, 0.3) is 5.91 Å². The molecule has 7 nitrogen and oxygen atoms in total. The zero-order valence-electron chi connectivity index (χ0n) is 16.3. The zero-order valence-corrected chi connectivity index (χ0v) is 17.1. The second-order valence-corrected chi connectivity index (χ2v) is 6.71. The van der Waals surface area contributed by atoms with E-state index in [1.54, 1.807) is 24.3 Å². The zero-order chi connectivity index (χ0) is 21.3. The molecule has 0 spiro atoms. The van der Waals surface area contributed by atoms with Crippen LogP contribution in [0.4, 0.5) is 0 Å². The molecule has 3 N–H and O–H groups in total. The number of hydrazine groups is 1. The Labute approximate surface area is 179 Å². The molecule has 3 aromatic rings. The van der Waals surface area contributed by atoms with Crippen molar-refractivity contribution in [3.63, 3.8) is 0 Å². The number of para-hydroxylation sites is 2. The van der Waals surface area contributed by atoms with Gasteiger partial charge in [-0.1, -0.05) is 54.6 Å². The van der Waals surface area contributed by atoms with E-state index in [2.05, 4.69) is 16.2 Å². The Balaban J connectivity index is 1.44. The van der Waals surface area contributed by atoms with Crippen LogP contribution in [0.3, 0.4) is 0 Å². The minimum Gasteiger partial charge on any atom is -0.493 e. The van der Waals surface area contributed by atoms with Gasteiger partial charge in [0.05, 0.1) is 13.5 Å². The highest BCUT2D eigenvalue weighted by Gasteiger charge is 2.10. The fourth-order valence-corrected chi connectivity index (χ4v) is 3.03. The van der Waals surface area contributed by atoms with Crippen molar-refractivity contribution in [1.82, 2.24) is 16.2 Å². The molecule has 0 unspecified atom stereocenters. The molecule has 0 aliphatic heterocycles. The topological polar surface area (TPSA) is 88.7 Å². The molecule has 0 fully saturated rings. The van der Waals surface area contributed by atoms with Crippen molar-refractivity contribution in [2.75, 3.05) is 13.7 Å². The summed E-state index contributed by atoms with van der Waals surface area (Å²) in [6, 6.07) is 20.6. The third-order valence-electron chi connectivity index (χ3n) is 4.23. The van der Waals surface area contributed by atoms with E-state index in [0.29, 0.717) is 11.5 Å². The average Bonchev–Trinajstić information content (AvgIpc) is 2.77. The van der Waals surface area contributed by atoms with Crippen LogP contribution in [0, 0.1) is 0 Å². The van der Waals surface area contributed by atoms with Gasteiger partial charge in [-0.05, 0) is 40.7 Å². The third-order valence-corrected chi connectivity index (χ3v) is 4.43. The van der Waals surface area contributed by atoms with Gasteiger partial charge in [0.2, 0.25) is 5.91 Å². The number of fused-ring (bicyclic) bond motifs is 1. The van der Waals surface area contributed by atoms with E-state index in [4.69, 9.17) is 21.7 Å². The maximum Gasteiger partial charge on any atom is 0.264 e. The molecule has 0 saturated carbocycles. The van der Waals surface area contributed by atoms with E-state index in [-0.39, 0.29) is 24.0 Å². The average molecular weight is 423 g/mol. The molecule has 0 aromatic heterocycles. The Morgan fingerprint density at radius 3 is 2.37 bits per heavy atom. The molecule has 154 valence electrons. The van der Waals surface area contributed by atoms with Crippen LogP contribution in [0.15, 0.2) is 66.7 Å². The summed E-state index contributed by atoms with van der Waals surface area (Å²) >= 11 is 5.03. The van der Waals surface area contributed by atoms with Gasteiger partial charge in [0.1, 0.15) is 0 Å². The van der Waals surface area contributed by atoms with E-state index >= 15 is 0 Å². The van der Waals surface area contributed by atoms with Gasteiger partial charge in [-0.2, -0.15) is 0 Å². The molecule has 0 aliphatic rings. The van der Waals surface area contributed by atoms with Crippen LogP contribution in [0.5, 0.6) is 11.5 Å². The van der Waals surface area contributed by atoms with Gasteiger partial charge in [-0.3, -0.25) is 25.8 Å². The normalized spacial score (nSPS) is 10.2. The molecule has 2 amide bonds. The number of carbonyl (C=O) groups is 2. The Bertz CT molecular complexity index is 1070. The lowest BCUT2D eigenvalue weighted by atomic mass is 10.0. The van der Waals surface area contributed by atoms with Gasteiger partial charge in [0.15, 0.2) is 23.2 Å². The van der Waals surface area contributed by atoms with Crippen LogP contribution >= 0.6 is 12.2 Å². The summed E-state index contributed by atoms with van der Waals surface area (Å²) in [7, 11) is 1.52. The smallest absolute Gasteiger partial charge is 0.264 e. The van der Waals surface area contributed by atoms with Crippen LogP contribution in [0.1, 0.15) is 5.56 Å². The number of methoxy groups -OCH3 is 1. The molecule has 0 saturated heterocycles. The summed E-state index contributed by atoms with van der Waals surface area (Å²) in [5.41, 5.74) is 5.91. The molecular weight excluding hydrogens is 402 g/mol. The van der Waals surface area contributed by atoms with Crippen molar-refractivity contribution in [2.45, 2.75) is 6.42 Å². The number of amides is 2. The Kier molecular flexibility index (Phi) is 7.18. The lowest BCUT2D eigenvalue weighted by Gasteiger charge is -2.13. The predicted molar refractivity (Wildman–Crippen MR) is 118 cm³/mol. The van der Waals surface area contributed by atoms with Crippen LogP contribution in [0.25, 0.3) is 10.8 Å². The SMILES string of the molecule is COc1ccccc1OCC(=O)NC(=S)NNC(=O)Cc1cccc2ccccc12. The molecule has 0 aliphatic carbocycles. The van der Waals surface area contributed by atoms with Crippen molar-refractivity contribution in [1.29, 1.82) is 0 Å². The molecule has 3 rings (SSSR count). The highest BCUT2D eigenvalue weighted by Crippen LogP contribution is 2.25. The van der Waals surface area contributed by atoms with Crippen LogP contribution in [0.2, 0.25) is 0 Å². The van der Waals surface area contributed by atoms with Gasteiger partial charge < -0.3 is 9.47 Å². The molecule has 0 atom stereocenters. The highest BCUT2D eigenvalue weighted by molar-refractivity contribution is 7.80. The van der Waals surface area contributed by atoms with Crippen molar-refractivity contribution >= 4 is 39.9 Å². The maximum atomic E-state index is 12.2. The highest BCUT2D eigenvalue weighted by atomic mass is 32.1. The van der Waals surface area contributed by atoms with E-state index < -0.39 is 5.91 Å². The second kappa shape index (κ2) is 10.2. The lowest BCUT2D eigenvalue weighted by molar-refractivity contribution is -0.122. The van der Waals surface area contributed by atoms with Crippen molar-refractivity contribution < 1.29 is 19.1 Å². The molecule has 3 aromatic carbocycles. The number of hydrogen-bond acceptors (Lipinski definition) is 5. The largest absolute Gasteiger partial charge is 0.493 e. The first kappa shape index (κ1) is 21.1. The van der Waals surface area contributed by atoms with Gasteiger partial charge in [0, 0.05) is 0 Å². The summed E-state index contributed by atoms with van der Waals surface area (Å²) in [4.78, 5) is 24.2. The number of ether oxygens (including phenoxy) is 2. The van der Waals surface area contributed by atoms with Gasteiger partial charge >= 0.3 is 0 Å². The fourth-order valence-electron chi connectivity index (χ4n) is 2.87. The third kappa shape index (κ3) is 5.68. The number of carbonyl (C=O) groups excluding carboxylic acids is 2. The first-order valence-corrected chi connectivity index (χ1v) is 9.59. The second-order valence-electron chi connectivity index (χ2n) is 6.31. The number of thiocarbonyl (C=S) groups is 1. The molecule has 8 heteroatoms.